The van der Waals surface area contributed by atoms with Crippen molar-refractivity contribution < 1.29 is 0 Å². The van der Waals surface area contributed by atoms with Gasteiger partial charge in [0.05, 0.1) is 0 Å². The fourth-order valence-electron chi connectivity index (χ4n) is 1.75. The van der Waals surface area contributed by atoms with Crippen LogP contribution in [0.15, 0.2) is 0 Å². The second-order valence-electron chi connectivity index (χ2n) is 4.48. The zero-order chi connectivity index (χ0) is 10.9. The predicted octanol–water partition coefficient (Wildman–Crippen LogP) is 0.522. The predicted molar refractivity (Wildman–Crippen MR) is 64.6 cm³/mol. The maximum atomic E-state index is 3.51. The molecular weight excluding hydrogens is 188 g/mol. The SMILES string of the molecule is CC(C)N1CCCNNCCCCNC1. The van der Waals surface area contributed by atoms with Crippen molar-refractivity contribution in [3.05, 3.63) is 0 Å². The number of hydrazine groups is 1. The Kier molecular flexibility index (Phi) is 6.92. The molecule has 15 heavy (non-hydrogen) atoms. The molecule has 1 aliphatic rings. The summed E-state index contributed by atoms with van der Waals surface area (Å²) >= 11 is 0. The molecule has 1 saturated heterocycles. The van der Waals surface area contributed by atoms with Crippen molar-refractivity contribution in [2.75, 3.05) is 32.8 Å². The van der Waals surface area contributed by atoms with Gasteiger partial charge in [-0.15, -0.1) is 0 Å². The molecular formula is C11H26N4. The van der Waals surface area contributed by atoms with Crippen molar-refractivity contribution in [3.63, 3.8) is 0 Å². The molecule has 1 rings (SSSR count). The first kappa shape index (κ1) is 12.9. The molecule has 0 amide bonds. The van der Waals surface area contributed by atoms with Crippen molar-refractivity contribution in [3.8, 4) is 0 Å². The number of nitrogens with zero attached hydrogens (tertiary/aromatic N) is 1. The van der Waals surface area contributed by atoms with E-state index in [4.69, 9.17) is 0 Å². The second kappa shape index (κ2) is 8.05. The highest BCUT2D eigenvalue weighted by molar-refractivity contribution is 4.63. The molecule has 0 aromatic heterocycles. The van der Waals surface area contributed by atoms with Gasteiger partial charge in [-0.3, -0.25) is 15.8 Å². The molecule has 0 aromatic rings. The van der Waals surface area contributed by atoms with Gasteiger partial charge >= 0.3 is 0 Å². The first-order valence-corrected chi connectivity index (χ1v) is 6.21. The Hall–Kier alpha value is -0.160. The van der Waals surface area contributed by atoms with E-state index >= 15 is 0 Å². The minimum Gasteiger partial charge on any atom is -0.304 e. The molecule has 0 spiro atoms. The lowest BCUT2D eigenvalue weighted by atomic mass is 10.3. The van der Waals surface area contributed by atoms with Gasteiger partial charge in [-0.2, -0.15) is 0 Å². The van der Waals surface area contributed by atoms with E-state index in [0.29, 0.717) is 6.04 Å². The van der Waals surface area contributed by atoms with Gasteiger partial charge < -0.3 is 5.32 Å². The Morgan fingerprint density at radius 1 is 0.933 bits per heavy atom. The molecule has 0 bridgehead atoms. The average molecular weight is 214 g/mol. The number of rotatable bonds is 1. The van der Waals surface area contributed by atoms with Gasteiger partial charge in [-0.25, -0.2) is 0 Å². The Morgan fingerprint density at radius 3 is 2.33 bits per heavy atom. The van der Waals surface area contributed by atoms with Crippen molar-refractivity contribution >= 4 is 0 Å². The van der Waals surface area contributed by atoms with Crippen molar-refractivity contribution in [2.45, 2.75) is 39.2 Å². The minimum absolute atomic E-state index is 0.633. The third-order valence-electron chi connectivity index (χ3n) is 2.82. The molecule has 4 nitrogen and oxygen atoms in total. The number of hydrogen-bond acceptors (Lipinski definition) is 4. The zero-order valence-corrected chi connectivity index (χ0v) is 10.2. The van der Waals surface area contributed by atoms with Crippen LogP contribution in [-0.4, -0.2) is 43.8 Å². The molecule has 1 heterocycles. The van der Waals surface area contributed by atoms with E-state index in [1.165, 1.54) is 25.8 Å². The summed E-state index contributed by atoms with van der Waals surface area (Å²) in [5.41, 5.74) is 6.52. The Labute approximate surface area is 93.8 Å². The van der Waals surface area contributed by atoms with Crippen LogP contribution in [0.5, 0.6) is 0 Å². The highest BCUT2D eigenvalue weighted by Crippen LogP contribution is 1.98. The smallest absolute Gasteiger partial charge is 0.0482 e. The summed E-state index contributed by atoms with van der Waals surface area (Å²) in [5, 5.41) is 3.51. The molecule has 0 radical (unpaired) electrons. The normalized spacial score (nSPS) is 23.4. The van der Waals surface area contributed by atoms with E-state index in [-0.39, 0.29) is 0 Å². The van der Waals surface area contributed by atoms with Gasteiger partial charge in [0, 0.05) is 32.3 Å². The monoisotopic (exact) mass is 214 g/mol. The standard InChI is InChI=1S/C11H26N4/c1-11(2)15-9-5-8-14-13-7-4-3-6-12-10-15/h11-14H,3-10H2,1-2H3. The van der Waals surface area contributed by atoms with E-state index in [1.807, 2.05) is 0 Å². The van der Waals surface area contributed by atoms with Crippen LogP contribution < -0.4 is 16.2 Å². The third-order valence-corrected chi connectivity index (χ3v) is 2.82. The molecule has 1 aliphatic heterocycles. The summed E-state index contributed by atoms with van der Waals surface area (Å²) in [4.78, 5) is 2.49. The lowest BCUT2D eigenvalue weighted by Gasteiger charge is -2.27. The van der Waals surface area contributed by atoms with Crippen LogP contribution in [-0.2, 0) is 0 Å². The number of nitrogens with one attached hydrogen (secondary N) is 3. The first-order chi connectivity index (χ1) is 7.30. The van der Waals surface area contributed by atoms with Gasteiger partial charge in [0.15, 0.2) is 0 Å². The Morgan fingerprint density at radius 2 is 1.60 bits per heavy atom. The summed E-state index contributed by atoms with van der Waals surface area (Å²) in [5.74, 6) is 0. The Bertz CT molecular complexity index is 138. The largest absolute Gasteiger partial charge is 0.304 e. The third kappa shape index (κ3) is 6.10. The van der Waals surface area contributed by atoms with E-state index < -0.39 is 0 Å². The van der Waals surface area contributed by atoms with Crippen molar-refractivity contribution in [1.29, 1.82) is 0 Å². The van der Waals surface area contributed by atoms with Crippen LogP contribution >= 0.6 is 0 Å². The van der Waals surface area contributed by atoms with Crippen LogP contribution in [0.25, 0.3) is 0 Å². The molecule has 1 fully saturated rings. The number of hydrogen-bond donors (Lipinski definition) is 3. The van der Waals surface area contributed by atoms with Gasteiger partial charge in [-0.1, -0.05) is 0 Å². The molecule has 90 valence electrons. The minimum atomic E-state index is 0.633. The summed E-state index contributed by atoms with van der Waals surface area (Å²) in [7, 11) is 0. The van der Waals surface area contributed by atoms with Crippen LogP contribution in [0.2, 0.25) is 0 Å². The van der Waals surface area contributed by atoms with E-state index in [1.54, 1.807) is 0 Å². The summed E-state index contributed by atoms with van der Waals surface area (Å²) in [6, 6.07) is 0.633. The molecule has 0 saturated carbocycles. The second-order valence-corrected chi connectivity index (χ2v) is 4.48. The fraction of sp³-hybridized carbons (Fsp3) is 1.00. The fourth-order valence-corrected chi connectivity index (χ4v) is 1.75. The van der Waals surface area contributed by atoms with Gasteiger partial charge in [-0.05, 0) is 39.7 Å². The topological polar surface area (TPSA) is 39.3 Å². The van der Waals surface area contributed by atoms with Gasteiger partial charge in [0.25, 0.3) is 0 Å². The molecule has 3 N–H and O–H groups in total. The lowest BCUT2D eigenvalue weighted by Crippen LogP contribution is -2.42. The molecule has 0 aromatic carbocycles. The van der Waals surface area contributed by atoms with Crippen LogP contribution in [0.1, 0.15) is 33.1 Å². The lowest BCUT2D eigenvalue weighted by molar-refractivity contribution is 0.199. The van der Waals surface area contributed by atoms with Crippen LogP contribution in [0.3, 0.4) is 0 Å². The van der Waals surface area contributed by atoms with E-state index in [2.05, 4.69) is 34.9 Å². The zero-order valence-electron chi connectivity index (χ0n) is 10.2. The average Bonchev–Trinajstić information content (AvgIpc) is 2.18. The maximum absolute atomic E-state index is 3.51. The van der Waals surface area contributed by atoms with E-state index in [0.717, 1.165) is 26.3 Å². The van der Waals surface area contributed by atoms with Crippen molar-refractivity contribution in [2.24, 2.45) is 0 Å². The van der Waals surface area contributed by atoms with E-state index in [9.17, 15) is 0 Å². The highest BCUT2D eigenvalue weighted by Gasteiger charge is 2.08. The molecule has 0 unspecified atom stereocenters. The summed E-state index contributed by atoms with van der Waals surface area (Å²) < 4.78 is 0. The molecule has 4 heteroatoms. The van der Waals surface area contributed by atoms with Gasteiger partial charge in [0.2, 0.25) is 0 Å². The van der Waals surface area contributed by atoms with Crippen molar-refractivity contribution in [1.82, 2.24) is 21.1 Å². The van der Waals surface area contributed by atoms with Crippen LogP contribution in [0, 0.1) is 0 Å². The first-order valence-electron chi connectivity index (χ1n) is 6.21. The maximum Gasteiger partial charge on any atom is 0.0482 e. The van der Waals surface area contributed by atoms with Crippen LogP contribution in [0.4, 0.5) is 0 Å². The highest BCUT2D eigenvalue weighted by atomic mass is 15.3. The summed E-state index contributed by atoms with van der Waals surface area (Å²) in [6.45, 7) is 9.99. The Balaban J connectivity index is 2.25. The summed E-state index contributed by atoms with van der Waals surface area (Å²) in [6.07, 6.45) is 3.69. The van der Waals surface area contributed by atoms with Gasteiger partial charge in [0.1, 0.15) is 0 Å². The quantitative estimate of drug-likeness (QED) is 0.595. The molecule has 0 atom stereocenters. The molecule has 0 aliphatic carbocycles.